The standard InChI is InChI=1S/C16H19BrN2O4/c1-5-23-12-7-6-10(17)8-11(12)14-13(15(20)22-4)9(2)19(3)16(21)18-14/h6-8,14H,5H2,1-4H3,(H,18,21)/t14-/m0/s1. The van der Waals surface area contributed by atoms with Crippen molar-refractivity contribution in [3.05, 3.63) is 39.5 Å². The molecule has 1 aromatic rings. The Hall–Kier alpha value is -2.02. The number of hydrogen-bond donors (Lipinski definition) is 1. The van der Waals surface area contributed by atoms with Crippen molar-refractivity contribution in [3.8, 4) is 5.75 Å². The van der Waals surface area contributed by atoms with Crippen LogP contribution in [0, 0.1) is 0 Å². The maximum absolute atomic E-state index is 12.3. The lowest BCUT2D eigenvalue weighted by Crippen LogP contribution is -2.46. The lowest BCUT2D eigenvalue weighted by atomic mass is 9.94. The molecular formula is C16H19BrN2O4. The van der Waals surface area contributed by atoms with Gasteiger partial charge in [-0.1, -0.05) is 15.9 Å². The number of ether oxygens (including phenoxy) is 2. The van der Waals surface area contributed by atoms with E-state index in [1.807, 2.05) is 19.1 Å². The van der Waals surface area contributed by atoms with Crippen molar-refractivity contribution in [2.24, 2.45) is 0 Å². The van der Waals surface area contributed by atoms with E-state index in [-0.39, 0.29) is 6.03 Å². The van der Waals surface area contributed by atoms with Crippen LogP contribution in [-0.4, -0.2) is 37.7 Å². The topological polar surface area (TPSA) is 67.9 Å². The Labute approximate surface area is 143 Å². The molecule has 0 saturated heterocycles. The molecule has 1 aliphatic rings. The fourth-order valence-corrected chi connectivity index (χ4v) is 2.85. The van der Waals surface area contributed by atoms with Crippen LogP contribution in [0.15, 0.2) is 33.9 Å². The Morgan fingerprint density at radius 1 is 1.43 bits per heavy atom. The summed E-state index contributed by atoms with van der Waals surface area (Å²) in [5.74, 6) is 0.126. The largest absolute Gasteiger partial charge is 0.494 e. The molecule has 0 aliphatic carbocycles. The molecule has 23 heavy (non-hydrogen) atoms. The molecule has 0 spiro atoms. The molecule has 0 unspecified atom stereocenters. The third-order valence-electron chi connectivity index (χ3n) is 3.74. The lowest BCUT2D eigenvalue weighted by Gasteiger charge is -2.33. The number of hydrogen-bond acceptors (Lipinski definition) is 4. The predicted octanol–water partition coefficient (Wildman–Crippen LogP) is 2.99. The number of nitrogens with one attached hydrogen (secondary N) is 1. The van der Waals surface area contributed by atoms with E-state index in [1.54, 1.807) is 20.0 Å². The first-order chi connectivity index (χ1) is 10.9. The van der Waals surface area contributed by atoms with Crippen molar-refractivity contribution in [1.82, 2.24) is 10.2 Å². The molecule has 7 heteroatoms. The smallest absolute Gasteiger partial charge is 0.337 e. The van der Waals surface area contributed by atoms with Gasteiger partial charge in [0.2, 0.25) is 0 Å². The van der Waals surface area contributed by atoms with Gasteiger partial charge in [0, 0.05) is 22.8 Å². The molecule has 0 radical (unpaired) electrons. The number of amides is 2. The molecule has 2 amide bonds. The van der Waals surface area contributed by atoms with Crippen molar-refractivity contribution in [3.63, 3.8) is 0 Å². The number of methoxy groups -OCH3 is 1. The van der Waals surface area contributed by atoms with E-state index in [0.29, 0.717) is 29.2 Å². The number of carbonyl (C=O) groups excluding carboxylic acids is 2. The third kappa shape index (κ3) is 3.34. The van der Waals surface area contributed by atoms with E-state index in [0.717, 1.165) is 4.47 Å². The first kappa shape index (κ1) is 17.3. The molecule has 124 valence electrons. The van der Waals surface area contributed by atoms with Crippen molar-refractivity contribution in [1.29, 1.82) is 0 Å². The third-order valence-corrected chi connectivity index (χ3v) is 4.24. The molecule has 1 aliphatic heterocycles. The number of halogens is 1. The van der Waals surface area contributed by atoms with Crippen LogP contribution in [0.4, 0.5) is 4.79 Å². The van der Waals surface area contributed by atoms with Gasteiger partial charge in [0.05, 0.1) is 25.3 Å². The molecule has 1 aromatic carbocycles. The highest BCUT2D eigenvalue weighted by atomic mass is 79.9. The second-order valence-corrected chi connectivity index (χ2v) is 5.96. The number of esters is 1. The highest BCUT2D eigenvalue weighted by molar-refractivity contribution is 9.10. The van der Waals surface area contributed by atoms with Gasteiger partial charge >= 0.3 is 12.0 Å². The molecule has 1 N–H and O–H groups in total. The minimum Gasteiger partial charge on any atom is -0.494 e. The highest BCUT2D eigenvalue weighted by Gasteiger charge is 2.36. The monoisotopic (exact) mass is 382 g/mol. The van der Waals surface area contributed by atoms with Crippen LogP contribution >= 0.6 is 15.9 Å². The fourth-order valence-electron chi connectivity index (χ4n) is 2.47. The van der Waals surface area contributed by atoms with Crippen LogP contribution in [0.3, 0.4) is 0 Å². The van der Waals surface area contributed by atoms with Gasteiger partial charge in [0.25, 0.3) is 0 Å². The van der Waals surface area contributed by atoms with Crippen LogP contribution < -0.4 is 10.1 Å². The van der Waals surface area contributed by atoms with Crippen LogP contribution in [0.2, 0.25) is 0 Å². The number of nitrogens with zero attached hydrogens (tertiary/aromatic N) is 1. The highest BCUT2D eigenvalue weighted by Crippen LogP contribution is 2.36. The zero-order valence-corrected chi connectivity index (χ0v) is 15.1. The van der Waals surface area contributed by atoms with Gasteiger partial charge in [0.1, 0.15) is 5.75 Å². The summed E-state index contributed by atoms with van der Waals surface area (Å²) in [5.41, 5.74) is 1.63. The van der Waals surface area contributed by atoms with E-state index in [4.69, 9.17) is 9.47 Å². The summed E-state index contributed by atoms with van der Waals surface area (Å²) in [7, 11) is 2.93. The summed E-state index contributed by atoms with van der Waals surface area (Å²) in [6, 6.07) is 4.56. The molecule has 6 nitrogen and oxygen atoms in total. The first-order valence-corrected chi connectivity index (χ1v) is 7.95. The van der Waals surface area contributed by atoms with Gasteiger partial charge in [-0.2, -0.15) is 0 Å². The summed E-state index contributed by atoms with van der Waals surface area (Å²) in [6.45, 7) is 4.07. The van der Waals surface area contributed by atoms with Gasteiger partial charge in [-0.25, -0.2) is 9.59 Å². The zero-order chi connectivity index (χ0) is 17.1. The molecule has 0 fully saturated rings. The minimum absolute atomic E-state index is 0.289. The van der Waals surface area contributed by atoms with Crippen molar-refractivity contribution >= 4 is 27.9 Å². The zero-order valence-electron chi connectivity index (χ0n) is 13.5. The Morgan fingerprint density at radius 3 is 2.74 bits per heavy atom. The van der Waals surface area contributed by atoms with E-state index in [9.17, 15) is 9.59 Å². The van der Waals surface area contributed by atoms with E-state index < -0.39 is 12.0 Å². The Balaban J connectivity index is 2.62. The average Bonchev–Trinajstić information content (AvgIpc) is 2.53. The van der Waals surface area contributed by atoms with Gasteiger partial charge in [-0.15, -0.1) is 0 Å². The number of benzene rings is 1. The van der Waals surface area contributed by atoms with Gasteiger partial charge in [0.15, 0.2) is 0 Å². The van der Waals surface area contributed by atoms with Crippen LogP contribution in [0.25, 0.3) is 0 Å². The second-order valence-electron chi connectivity index (χ2n) is 5.05. The van der Waals surface area contributed by atoms with Crippen LogP contribution in [0.1, 0.15) is 25.5 Å². The minimum atomic E-state index is -0.634. The lowest BCUT2D eigenvalue weighted by molar-refractivity contribution is -0.136. The number of carbonyl (C=O) groups is 2. The van der Waals surface area contributed by atoms with Crippen molar-refractivity contribution < 1.29 is 19.1 Å². The molecule has 0 aromatic heterocycles. The van der Waals surface area contributed by atoms with E-state index >= 15 is 0 Å². The fraction of sp³-hybridized carbons (Fsp3) is 0.375. The SMILES string of the molecule is CCOc1ccc(Br)cc1[C@@H]1NC(=O)N(C)C(C)=C1C(=O)OC. The van der Waals surface area contributed by atoms with E-state index in [1.165, 1.54) is 12.0 Å². The van der Waals surface area contributed by atoms with E-state index in [2.05, 4.69) is 21.2 Å². The maximum atomic E-state index is 12.3. The molecule has 1 heterocycles. The van der Waals surface area contributed by atoms with Gasteiger partial charge in [-0.05, 0) is 32.0 Å². The normalized spacial score (nSPS) is 17.9. The number of allylic oxidation sites excluding steroid dienone is 1. The molecule has 2 rings (SSSR count). The Kier molecular flexibility index (Phi) is 5.30. The van der Waals surface area contributed by atoms with Crippen molar-refractivity contribution in [2.75, 3.05) is 20.8 Å². The second kappa shape index (κ2) is 7.04. The van der Waals surface area contributed by atoms with Crippen molar-refractivity contribution in [2.45, 2.75) is 19.9 Å². The Bertz CT molecular complexity index is 672. The molecule has 1 atom stereocenters. The van der Waals surface area contributed by atoms with Gasteiger partial charge < -0.3 is 19.7 Å². The molecule has 0 bridgehead atoms. The molecule has 0 saturated carbocycles. The first-order valence-electron chi connectivity index (χ1n) is 7.16. The summed E-state index contributed by atoms with van der Waals surface area (Å²) >= 11 is 3.42. The quantitative estimate of drug-likeness (QED) is 0.812. The Morgan fingerprint density at radius 2 is 2.13 bits per heavy atom. The number of rotatable bonds is 4. The van der Waals surface area contributed by atoms with Crippen LogP contribution in [0.5, 0.6) is 5.75 Å². The number of urea groups is 1. The van der Waals surface area contributed by atoms with Crippen LogP contribution in [-0.2, 0) is 9.53 Å². The average molecular weight is 383 g/mol. The summed E-state index contributed by atoms with van der Waals surface area (Å²) in [4.78, 5) is 25.8. The van der Waals surface area contributed by atoms with Gasteiger partial charge in [-0.3, -0.25) is 0 Å². The summed E-state index contributed by atoms with van der Waals surface area (Å²) < 4.78 is 11.4. The summed E-state index contributed by atoms with van der Waals surface area (Å²) in [6.07, 6.45) is 0. The summed E-state index contributed by atoms with van der Waals surface area (Å²) in [5, 5.41) is 2.83. The molecular weight excluding hydrogens is 364 g/mol. The predicted molar refractivity (Wildman–Crippen MR) is 89.1 cm³/mol. The maximum Gasteiger partial charge on any atom is 0.337 e.